The van der Waals surface area contributed by atoms with Gasteiger partial charge in [-0.25, -0.2) is 0 Å². The molecule has 3 nitrogen and oxygen atoms in total. The number of nitrogens with zero attached hydrogens (tertiary/aromatic N) is 1. The second kappa shape index (κ2) is 3.88. The van der Waals surface area contributed by atoms with Crippen LogP contribution in [0.3, 0.4) is 0 Å². The van der Waals surface area contributed by atoms with Crippen molar-refractivity contribution in [3.8, 4) is 0 Å². The molecule has 0 radical (unpaired) electrons. The van der Waals surface area contributed by atoms with Crippen LogP contribution in [0.2, 0.25) is 0 Å². The van der Waals surface area contributed by atoms with Crippen LogP contribution >= 0.6 is 0 Å². The first-order valence-corrected chi connectivity index (χ1v) is 4.91. The summed E-state index contributed by atoms with van der Waals surface area (Å²) in [5, 5.41) is 12.7. The van der Waals surface area contributed by atoms with E-state index in [1.807, 2.05) is 18.2 Å². The lowest BCUT2D eigenvalue weighted by Crippen LogP contribution is -2.11. The van der Waals surface area contributed by atoms with Gasteiger partial charge in [0.25, 0.3) is 0 Å². The predicted octanol–water partition coefficient (Wildman–Crippen LogP) is 2.32. The van der Waals surface area contributed by atoms with E-state index in [0.29, 0.717) is 0 Å². The molecule has 1 aliphatic rings. The third kappa shape index (κ3) is 1.55. The molecule has 2 rings (SSSR count). The summed E-state index contributed by atoms with van der Waals surface area (Å²) in [4.78, 5) is 10.2. The lowest BCUT2D eigenvalue weighted by molar-refractivity contribution is 0.155. The zero-order valence-corrected chi connectivity index (χ0v) is 7.94. The average Bonchev–Trinajstić information content (AvgIpc) is 2.19. The minimum atomic E-state index is -0.406. The minimum Gasteiger partial charge on any atom is -0.388 e. The van der Waals surface area contributed by atoms with E-state index in [4.69, 9.17) is 0 Å². The van der Waals surface area contributed by atoms with E-state index in [2.05, 4.69) is 5.18 Å². The molecule has 0 bridgehead atoms. The van der Waals surface area contributed by atoms with E-state index in [1.165, 1.54) is 5.56 Å². The Morgan fingerprint density at radius 2 is 2.36 bits per heavy atom. The third-order valence-corrected chi connectivity index (χ3v) is 2.78. The van der Waals surface area contributed by atoms with Gasteiger partial charge in [-0.15, -0.1) is 0 Å². The van der Waals surface area contributed by atoms with Crippen LogP contribution in [-0.4, -0.2) is 5.11 Å². The molecule has 1 aromatic carbocycles. The second-order valence-electron chi connectivity index (χ2n) is 3.69. The maximum atomic E-state index is 10.2. The summed E-state index contributed by atoms with van der Waals surface area (Å²) in [5.74, 6) is 0. The van der Waals surface area contributed by atoms with Crippen molar-refractivity contribution < 1.29 is 5.11 Å². The van der Waals surface area contributed by atoms with E-state index in [-0.39, 0.29) is 6.54 Å². The molecular formula is C11H13NO2. The zero-order valence-electron chi connectivity index (χ0n) is 7.94. The van der Waals surface area contributed by atoms with Crippen LogP contribution < -0.4 is 0 Å². The fraction of sp³-hybridized carbons (Fsp3) is 0.455. The molecule has 0 amide bonds. The largest absolute Gasteiger partial charge is 0.388 e. The van der Waals surface area contributed by atoms with Gasteiger partial charge in [-0.05, 0) is 36.0 Å². The summed E-state index contributed by atoms with van der Waals surface area (Å²) in [6.45, 7) is 0.167. The van der Waals surface area contributed by atoms with Crippen LogP contribution in [0.15, 0.2) is 23.4 Å². The second-order valence-corrected chi connectivity index (χ2v) is 3.69. The van der Waals surface area contributed by atoms with Gasteiger partial charge in [-0.2, -0.15) is 4.91 Å². The SMILES string of the molecule is O=NCc1cccc2c1C(O)CCC2. The summed E-state index contributed by atoms with van der Waals surface area (Å²) in [5.41, 5.74) is 2.99. The van der Waals surface area contributed by atoms with Crippen molar-refractivity contribution in [1.29, 1.82) is 0 Å². The Balaban J connectivity index is 2.46. The maximum Gasteiger partial charge on any atom is 0.106 e. The smallest absolute Gasteiger partial charge is 0.106 e. The number of aliphatic hydroxyl groups excluding tert-OH is 1. The molecule has 0 aliphatic heterocycles. The van der Waals surface area contributed by atoms with Gasteiger partial charge in [-0.3, -0.25) is 0 Å². The third-order valence-electron chi connectivity index (χ3n) is 2.78. The molecule has 1 N–H and O–H groups in total. The number of aliphatic hydroxyl groups is 1. The number of benzene rings is 1. The van der Waals surface area contributed by atoms with E-state index < -0.39 is 6.10 Å². The summed E-state index contributed by atoms with van der Waals surface area (Å²) < 4.78 is 0. The highest BCUT2D eigenvalue weighted by atomic mass is 16.3. The van der Waals surface area contributed by atoms with Crippen LogP contribution in [0.5, 0.6) is 0 Å². The van der Waals surface area contributed by atoms with E-state index >= 15 is 0 Å². The minimum absolute atomic E-state index is 0.167. The molecule has 0 spiro atoms. The highest BCUT2D eigenvalue weighted by Gasteiger charge is 2.20. The van der Waals surface area contributed by atoms with Crippen LogP contribution in [0.4, 0.5) is 0 Å². The van der Waals surface area contributed by atoms with Crippen molar-refractivity contribution in [3.63, 3.8) is 0 Å². The summed E-state index contributed by atoms with van der Waals surface area (Å²) >= 11 is 0. The maximum absolute atomic E-state index is 10.2. The lowest BCUT2D eigenvalue weighted by atomic mass is 9.86. The summed E-state index contributed by atoms with van der Waals surface area (Å²) in [6, 6.07) is 5.82. The van der Waals surface area contributed by atoms with Gasteiger partial charge in [0, 0.05) is 0 Å². The highest BCUT2D eigenvalue weighted by molar-refractivity contribution is 5.38. The zero-order chi connectivity index (χ0) is 9.97. The molecule has 0 heterocycles. The number of rotatable bonds is 2. The van der Waals surface area contributed by atoms with Crippen LogP contribution in [0.25, 0.3) is 0 Å². The van der Waals surface area contributed by atoms with Gasteiger partial charge < -0.3 is 5.11 Å². The molecule has 1 unspecified atom stereocenters. The molecule has 0 saturated heterocycles. The van der Waals surface area contributed by atoms with Crippen molar-refractivity contribution in [2.24, 2.45) is 5.18 Å². The number of aryl methyl sites for hydroxylation is 1. The van der Waals surface area contributed by atoms with Crippen molar-refractivity contribution in [3.05, 3.63) is 39.8 Å². The number of fused-ring (bicyclic) bond motifs is 1. The van der Waals surface area contributed by atoms with Crippen LogP contribution in [0.1, 0.15) is 35.6 Å². The number of hydrogen-bond acceptors (Lipinski definition) is 3. The van der Waals surface area contributed by atoms with Gasteiger partial charge >= 0.3 is 0 Å². The van der Waals surface area contributed by atoms with Gasteiger partial charge in [0.15, 0.2) is 0 Å². The molecule has 74 valence electrons. The quantitative estimate of drug-likeness (QED) is 0.729. The summed E-state index contributed by atoms with van der Waals surface area (Å²) in [7, 11) is 0. The first-order valence-electron chi connectivity index (χ1n) is 4.91. The molecule has 0 aromatic heterocycles. The number of hydrogen-bond donors (Lipinski definition) is 1. The first-order chi connectivity index (χ1) is 6.83. The van der Waals surface area contributed by atoms with Gasteiger partial charge in [-0.1, -0.05) is 23.4 Å². The molecule has 3 heteroatoms. The fourth-order valence-corrected chi connectivity index (χ4v) is 2.15. The molecule has 1 atom stereocenters. The molecule has 14 heavy (non-hydrogen) atoms. The topological polar surface area (TPSA) is 49.7 Å². The predicted molar refractivity (Wildman–Crippen MR) is 53.8 cm³/mol. The van der Waals surface area contributed by atoms with Gasteiger partial charge in [0.1, 0.15) is 6.54 Å². The Bertz CT molecular complexity index is 349. The van der Waals surface area contributed by atoms with Crippen LogP contribution in [0, 0.1) is 4.91 Å². The molecule has 0 saturated carbocycles. The summed E-state index contributed by atoms with van der Waals surface area (Å²) in [6.07, 6.45) is 2.41. The highest BCUT2D eigenvalue weighted by Crippen LogP contribution is 2.32. The van der Waals surface area contributed by atoms with Crippen LogP contribution in [-0.2, 0) is 13.0 Å². The lowest BCUT2D eigenvalue weighted by Gasteiger charge is -2.23. The Morgan fingerprint density at radius 3 is 3.14 bits per heavy atom. The standard InChI is InChI=1S/C11H13NO2/c13-10-6-2-4-8-3-1-5-9(7-12-14)11(8)10/h1,3,5,10,13H,2,4,6-7H2. The first kappa shape index (κ1) is 9.34. The Morgan fingerprint density at radius 1 is 1.50 bits per heavy atom. The average molecular weight is 191 g/mol. The van der Waals surface area contributed by atoms with E-state index in [1.54, 1.807) is 0 Å². The van der Waals surface area contributed by atoms with E-state index in [0.717, 1.165) is 30.4 Å². The molecular weight excluding hydrogens is 178 g/mol. The monoisotopic (exact) mass is 191 g/mol. The Kier molecular flexibility index (Phi) is 2.59. The van der Waals surface area contributed by atoms with E-state index in [9.17, 15) is 10.0 Å². The van der Waals surface area contributed by atoms with Gasteiger partial charge in [0.05, 0.1) is 6.10 Å². The van der Waals surface area contributed by atoms with Crippen molar-refractivity contribution in [2.75, 3.05) is 0 Å². The Hall–Kier alpha value is -1.22. The molecule has 0 fully saturated rings. The normalized spacial score (nSPS) is 20.2. The molecule has 1 aromatic rings. The van der Waals surface area contributed by atoms with Crippen molar-refractivity contribution in [2.45, 2.75) is 31.9 Å². The Labute approximate surface area is 82.7 Å². The fourth-order valence-electron chi connectivity index (χ4n) is 2.15. The van der Waals surface area contributed by atoms with Crippen molar-refractivity contribution >= 4 is 0 Å². The van der Waals surface area contributed by atoms with Crippen molar-refractivity contribution in [1.82, 2.24) is 0 Å². The number of nitroso groups, excluding NO2 is 1. The molecule has 1 aliphatic carbocycles. The van der Waals surface area contributed by atoms with Gasteiger partial charge in [0.2, 0.25) is 0 Å².